The van der Waals surface area contributed by atoms with Crippen LogP contribution in [0.4, 0.5) is 0 Å². The van der Waals surface area contributed by atoms with Crippen LogP contribution < -0.4 is 0 Å². The molecule has 10 atom stereocenters. The fraction of sp³-hybridized carbons (Fsp3) is 0.760. The van der Waals surface area contributed by atoms with Crippen molar-refractivity contribution in [3.8, 4) is 11.5 Å². The van der Waals surface area contributed by atoms with Gasteiger partial charge in [0.05, 0.1) is 0 Å². The SMILES string of the molecule is CC(C)(C)c1ccc(CCCCCCCC2SC2CC2C[C@@H](C3CSSCC(CC4SC4CC4SC4CCCCCCCc4ccc(C(C)(C)C)c(O)c4)SS3)S2)cc1O. The maximum absolute atomic E-state index is 10.5. The van der Waals surface area contributed by atoms with E-state index in [1.54, 1.807) is 0 Å². The van der Waals surface area contributed by atoms with Gasteiger partial charge in [0, 0.05) is 64.0 Å². The van der Waals surface area contributed by atoms with Gasteiger partial charge in [0.15, 0.2) is 0 Å². The lowest BCUT2D eigenvalue weighted by Gasteiger charge is -2.40. The molecule has 0 spiro atoms. The Hall–Kier alpha value is 0.840. The van der Waals surface area contributed by atoms with E-state index in [1.165, 1.54) is 125 Å². The molecule has 0 amide bonds. The van der Waals surface area contributed by atoms with Crippen LogP contribution in [0.1, 0.15) is 167 Å². The second-order valence-corrected chi connectivity index (χ2v) is 32.0. The molecule has 0 saturated carbocycles. The predicted molar refractivity (Wildman–Crippen MR) is 283 cm³/mol. The zero-order valence-corrected chi connectivity index (χ0v) is 44.1. The second kappa shape index (κ2) is 23.0. The van der Waals surface area contributed by atoms with E-state index in [4.69, 9.17) is 0 Å². The predicted octanol–water partition coefficient (Wildman–Crippen LogP) is 16.2. The molecule has 5 heterocycles. The number of hydrogen-bond acceptors (Lipinski definition) is 10. The molecule has 0 aromatic heterocycles. The molecular formula is C50H76O2S8. The summed E-state index contributed by atoms with van der Waals surface area (Å²) in [6.07, 6.45) is 24.3. The molecule has 0 bridgehead atoms. The summed E-state index contributed by atoms with van der Waals surface area (Å²) in [5.74, 6) is 3.61. The Morgan fingerprint density at radius 2 is 0.933 bits per heavy atom. The first-order valence-electron chi connectivity index (χ1n) is 23.6. The minimum atomic E-state index is -0.00592. The van der Waals surface area contributed by atoms with E-state index < -0.39 is 0 Å². The molecule has 0 aliphatic carbocycles. The van der Waals surface area contributed by atoms with Crippen molar-refractivity contribution in [2.45, 2.75) is 220 Å². The summed E-state index contributed by atoms with van der Waals surface area (Å²) in [5.41, 5.74) is 4.65. The molecule has 2 aromatic carbocycles. The largest absolute Gasteiger partial charge is 0.508 e. The summed E-state index contributed by atoms with van der Waals surface area (Å²) in [7, 11) is 8.92. The van der Waals surface area contributed by atoms with E-state index in [0.29, 0.717) is 11.5 Å². The van der Waals surface area contributed by atoms with E-state index in [2.05, 4.69) is 156 Å². The number of benzene rings is 2. The van der Waals surface area contributed by atoms with E-state index in [1.807, 2.05) is 12.1 Å². The van der Waals surface area contributed by atoms with Crippen molar-refractivity contribution in [3.63, 3.8) is 0 Å². The number of phenols is 2. The fourth-order valence-electron chi connectivity index (χ4n) is 9.37. The summed E-state index contributed by atoms with van der Waals surface area (Å²) in [6, 6.07) is 12.7. The lowest BCUT2D eigenvalue weighted by atomic mass is 9.85. The van der Waals surface area contributed by atoms with Crippen LogP contribution in [-0.4, -0.2) is 74.2 Å². The number of hydrogen-bond donors (Lipinski definition) is 2. The minimum absolute atomic E-state index is 0.00591. The smallest absolute Gasteiger partial charge is 0.119 e. The average Bonchev–Trinajstić information content (AvgIpc) is 4.10. The highest BCUT2D eigenvalue weighted by Gasteiger charge is 2.48. The third kappa shape index (κ3) is 15.5. The molecule has 0 radical (unpaired) electrons. The van der Waals surface area contributed by atoms with Crippen LogP contribution in [0.5, 0.6) is 11.5 Å². The first-order valence-corrected chi connectivity index (χ1v) is 32.2. The first kappa shape index (κ1) is 48.8. The Kier molecular flexibility index (Phi) is 18.7. The monoisotopic (exact) mass is 964 g/mol. The molecule has 2 nitrogen and oxygen atoms in total. The van der Waals surface area contributed by atoms with Gasteiger partial charge in [-0.25, -0.2) is 0 Å². The fourth-order valence-corrected chi connectivity index (χ4v) is 22.6. The summed E-state index contributed by atoms with van der Waals surface area (Å²) in [5, 5.41) is 30.1. The quantitative estimate of drug-likeness (QED) is 0.0639. The van der Waals surface area contributed by atoms with Crippen molar-refractivity contribution in [1.82, 2.24) is 0 Å². The highest BCUT2D eigenvalue weighted by molar-refractivity contribution is 8.80. The zero-order valence-electron chi connectivity index (χ0n) is 37.5. The number of unbranched alkanes of at least 4 members (excludes halogenated alkanes) is 8. The highest BCUT2D eigenvalue weighted by atomic mass is 33.1. The van der Waals surface area contributed by atoms with Crippen LogP contribution >= 0.6 is 90.2 Å². The molecule has 2 aromatic rings. The molecule has 5 saturated heterocycles. The van der Waals surface area contributed by atoms with Gasteiger partial charge in [-0.1, -0.05) is 160 Å². The molecular weight excluding hydrogens is 889 g/mol. The number of aryl methyl sites for hydroxylation is 2. The van der Waals surface area contributed by atoms with E-state index >= 15 is 0 Å². The minimum Gasteiger partial charge on any atom is -0.508 e. The van der Waals surface area contributed by atoms with E-state index in [9.17, 15) is 10.2 Å². The normalized spacial score (nSPS) is 30.4. The third-order valence-corrected chi connectivity index (χ3v) is 25.8. The molecule has 9 unspecified atom stereocenters. The van der Waals surface area contributed by atoms with Crippen LogP contribution in [0.25, 0.3) is 0 Å². The molecule has 5 aliphatic heterocycles. The van der Waals surface area contributed by atoms with Crippen molar-refractivity contribution >= 4 is 90.2 Å². The molecule has 5 fully saturated rings. The van der Waals surface area contributed by atoms with Gasteiger partial charge in [0.2, 0.25) is 0 Å². The number of rotatable bonds is 23. The molecule has 2 N–H and O–H groups in total. The van der Waals surface area contributed by atoms with Gasteiger partial charge in [0.1, 0.15) is 11.5 Å². The first-order chi connectivity index (χ1) is 28.8. The van der Waals surface area contributed by atoms with E-state index in [-0.39, 0.29) is 10.8 Å². The van der Waals surface area contributed by atoms with Gasteiger partial charge in [-0.3, -0.25) is 0 Å². The van der Waals surface area contributed by atoms with Gasteiger partial charge in [-0.05, 0) is 109 Å². The standard InChI is InChI=1S/C50H76O2S8/c1-49(2,3)37-23-21-33(25-39(37)51)17-13-9-7-11-15-19-41-43(56-41)27-35-28-45(55-35)48-32-54-53-31-36(59-60-48)29-44-47(58-44)30-46-42(57-46)20-16-12-8-10-14-18-34-22-24-38(40(52)26-34)50(4,5)6/h21-26,35-36,41-48,51-52H,7-20,27-32H2,1-6H3/t35?,36?,41?,42?,43?,44?,45-,46?,47?,48?/m0/s1. The number of thioether (sulfide) groups is 4. The topological polar surface area (TPSA) is 40.5 Å². The maximum atomic E-state index is 10.5. The van der Waals surface area contributed by atoms with Crippen LogP contribution in [0.15, 0.2) is 36.4 Å². The van der Waals surface area contributed by atoms with Crippen LogP contribution in [-0.2, 0) is 23.7 Å². The number of phenolic OH excluding ortho intramolecular Hbond substituents is 2. The van der Waals surface area contributed by atoms with Gasteiger partial charge in [0.25, 0.3) is 0 Å². The van der Waals surface area contributed by atoms with Crippen molar-refractivity contribution in [3.05, 3.63) is 58.7 Å². The summed E-state index contributed by atoms with van der Waals surface area (Å²) in [6.45, 7) is 13.0. The van der Waals surface area contributed by atoms with Crippen molar-refractivity contribution in [2.24, 2.45) is 0 Å². The molecule has 5 aliphatic rings. The number of aromatic hydroxyl groups is 2. The summed E-state index contributed by atoms with van der Waals surface area (Å²) >= 11 is 9.25. The van der Waals surface area contributed by atoms with Crippen molar-refractivity contribution < 1.29 is 10.2 Å². The third-order valence-electron chi connectivity index (χ3n) is 13.3. The highest BCUT2D eigenvalue weighted by Crippen LogP contribution is 2.58. The lowest BCUT2D eigenvalue weighted by molar-refractivity contribution is 0.445. The molecule has 336 valence electrons. The Morgan fingerprint density at radius 3 is 1.48 bits per heavy atom. The zero-order chi connectivity index (χ0) is 42.3. The Bertz CT molecular complexity index is 1630. The average molecular weight is 966 g/mol. The van der Waals surface area contributed by atoms with Crippen LogP contribution in [0.2, 0.25) is 0 Å². The molecule has 7 rings (SSSR count). The molecule has 60 heavy (non-hydrogen) atoms. The summed E-state index contributed by atoms with van der Waals surface area (Å²) < 4.78 is 0. The van der Waals surface area contributed by atoms with Crippen LogP contribution in [0, 0.1) is 0 Å². The maximum Gasteiger partial charge on any atom is 0.119 e. The second-order valence-electron chi connectivity index (χ2n) is 20.6. The molecule has 10 heteroatoms. The van der Waals surface area contributed by atoms with E-state index in [0.717, 1.165) is 76.5 Å². The van der Waals surface area contributed by atoms with Gasteiger partial charge < -0.3 is 10.2 Å². The van der Waals surface area contributed by atoms with Crippen LogP contribution in [0.3, 0.4) is 0 Å². The Balaban J connectivity index is 0.663. The van der Waals surface area contributed by atoms with Gasteiger partial charge in [-0.15, -0.1) is 0 Å². The van der Waals surface area contributed by atoms with Crippen molar-refractivity contribution in [2.75, 3.05) is 11.5 Å². The summed E-state index contributed by atoms with van der Waals surface area (Å²) in [4.78, 5) is 0. The lowest BCUT2D eigenvalue weighted by Crippen LogP contribution is -2.37. The van der Waals surface area contributed by atoms with Gasteiger partial charge >= 0.3 is 0 Å². The Morgan fingerprint density at radius 1 is 0.483 bits per heavy atom. The van der Waals surface area contributed by atoms with Gasteiger partial charge in [-0.2, -0.15) is 47.0 Å². The van der Waals surface area contributed by atoms with Crippen molar-refractivity contribution in [1.29, 1.82) is 0 Å². The Labute approximate surface area is 399 Å².